The number of rotatable bonds is 1. The number of halogens is 1. The molecule has 3 nitrogen and oxygen atoms in total. The van der Waals surface area contributed by atoms with Gasteiger partial charge in [-0.05, 0) is 31.5 Å². The molecule has 0 aliphatic rings. The number of H-pyrrole nitrogens is 1. The average molecular weight is 268 g/mol. The monoisotopic (exact) mass is 267 g/mol. The number of aromatic carboxylic acids is 1. The Kier molecular flexibility index (Phi) is 2.31. The van der Waals surface area contributed by atoms with Crippen molar-refractivity contribution in [2.24, 2.45) is 0 Å². The van der Waals surface area contributed by atoms with Gasteiger partial charge in [-0.3, -0.25) is 0 Å². The summed E-state index contributed by atoms with van der Waals surface area (Å²) in [6, 6.07) is 3.79. The predicted octanol–water partition coefficient (Wildman–Crippen LogP) is 3.25. The zero-order valence-corrected chi connectivity index (χ0v) is 9.97. The van der Waals surface area contributed by atoms with Gasteiger partial charge in [-0.25, -0.2) is 4.79 Å². The number of hydrogen-bond donors (Lipinski definition) is 2. The average Bonchev–Trinajstić information content (AvgIpc) is 2.41. The highest BCUT2D eigenvalue weighted by Gasteiger charge is 2.15. The maximum Gasteiger partial charge on any atom is 0.338 e. The van der Waals surface area contributed by atoms with Gasteiger partial charge in [0.05, 0.1) is 5.56 Å². The van der Waals surface area contributed by atoms with Gasteiger partial charge >= 0.3 is 5.97 Å². The van der Waals surface area contributed by atoms with Crippen molar-refractivity contribution in [2.45, 2.75) is 13.8 Å². The molecule has 78 valence electrons. The second kappa shape index (κ2) is 3.38. The van der Waals surface area contributed by atoms with Crippen molar-refractivity contribution in [3.05, 3.63) is 33.4 Å². The van der Waals surface area contributed by atoms with E-state index in [0.717, 1.165) is 20.9 Å². The number of benzene rings is 1. The van der Waals surface area contributed by atoms with E-state index in [-0.39, 0.29) is 0 Å². The Hall–Kier alpha value is -1.29. The first-order chi connectivity index (χ1) is 7.00. The molecular formula is C11H10BrNO2. The van der Waals surface area contributed by atoms with Crippen molar-refractivity contribution in [3.8, 4) is 0 Å². The quantitative estimate of drug-likeness (QED) is 0.834. The van der Waals surface area contributed by atoms with Crippen LogP contribution in [-0.4, -0.2) is 16.1 Å². The van der Waals surface area contributed by atoms with Gasteiger partial charge in [0.25, 0.3) is 0 Å². The molecule has 0 saturated heterocycles. The fourth-order valence-corrected chi connectivity index (χ4v) is 2.08. The van der Waals surface area contributed by atoms with Crippen LogP contribution in [-0.2, 0) is 0 Å². The van der Waals surface area contributed by atoms with Crippen LogP contribution < -0.4 is 0 Å². The van der Waals surface area contributed by atoms with Crippen LogP contribution in [0.3, 0.4) is 0 Å². The standard InChI is InChI=1S/C11H10BrNO2/c1-5-3-9-7(4-8(5)12)10(11(14)15)6(2)13-9/h3-4,13H,1-2H3,(H,14,15). The first kappa shape index (κ1) is 10.2. The molecule has 0 aliphatic carbocycles. The highest BCUT2D eigenvalue weighted by atomic mass is 79.9. The number of hydrogen-bond acceptors (Lipinski definition) is 1. The van der Waals surface area contributed by atoms with E-state index in [1.165, 1.54) is 0 Å². The zero-order valence-electron chi connectivity index (χ0n) is 8.39. The summed E-state index contributed by atoms with van der Waals surface area (Å²) < 4.78 is 0.927. The second-order valence-corrected chi connectivity index (χ2v) is 4.43. The van der Waals surface area contributed by atoms with Crippen LogP contribution in [0.25, 0.3) is 10.9 Å². The lowest BCUT2D eigenvalue weighted by Crippen LogP contribution is -1.97. The third kappa shape index (κ3) is 1.55. The van der Waals surface area contributed by atoms with E-state index in [4.69, 9.17) is 5.11 Å². The largest absolute Gasteiger partial charge is 0.478 e. The van der Waals surface area contributed by atoms with Crippen molar-refractivity contribution in [2.75, 3.05) is 0 Å². The second-order valence-electron chi connectivity index (χ2n) is 3.58. The SMILES string of the molecule is Cc1cc2[nH]c(C)c(C(=O)O)c2cc1Br. The Morgan fingerprint density at radius 1 is 1.40 bits per heavy atom. The molecule has 0 spiro atoms. The molecule has 0 saturated carbocycles. The first-order valence-electron chi connectivity index (χ1n) is 4.52. The van der Waals surface area contributed by atoms with Gasteiger partial charge in [0.2, 0.25) is 0 Å². The molecule has 0 aliphatic heterocycles. The highest BCUT2D eigenvalue weighted by molar-refractivity contribution is 9.10. The fraction of sp³-hybridized carbons (Fsp3) is 0.182. The first-order valence-corrected chi connectivity index (χ1v) is 5.31. The zero-order chi connectivity index (χ0) is 11.2. The minimum atomic E-state index is -0.894. The van der Waals surface area contributed by atoms with Crippen molar-refractivity contribution in [3.63, 3.8) is 0 Å². The van der Waals surface area contributed by atoms with Crippen molar-refractivity contribution < 1.29 is 9.90 Å². The van der Waals surface area contributed by atoms with Crippen LogP contribution >= 0.6 is 15.9 Å². The minimum absolute atomic E-state index is 0.353. The molecule has 1 aromatic heterocycles. The van der Waals surface area contributed by atoms with Crippen LogP contribution in [0.2, 0.25) is 0 Å². The van der Waals surface area contributed by atoms with Gasteiger partial charge in [0.1, 0.15) is 0 Å². The van der Waals surface area contributed by atoms with Gasteiger partial charge < -0.3 is 10.1 Å². The summed E-state index contributed by atoms with van der Waals surface area (Å²) in [6.07, 6.45) is 0. The van der Waals surface area contributed by atoms with Crippen molar-refractivity contribution in [1.29, 1.82) is 0 Å². The molecule has 2 aromatic rings. The number of aryl methyl sites for hydroxylation is 2. The molecule has 0 atom stereocenters. The third-order valence-electron chi connectivity index (χ3n) is 2.48. The third-order valence-corrected chi connectivity index (χ3v) is 3.33. The number of nitrogens with one attached hydrogen (secondary N) is 1. The van der Waals surface area contributed by atoms with Crippen LogP contribution in [0.4, 0.5) is 0 Å². The predicted molar refractivity (Wildman–Crippen MR) is 62.4 cm³/mol. The van der Waals surface area contributed by atoms with E-state index in [9.17, 15) is 4.79 Å². The smallest absolute Gasteiger partial charge is 0.338 e. The normalized spacial score (nSPS) is 10.9. The van der Waals surface area contributed by atoms with E-state index in [0.29, 0.717) is 11.3 Å². The lowest BCUT2D eigenvalue weighted by molar-refractivity contribution is 0.0698. The molecular weight excluding hydrogens is 258 g/mol. The Balaban J connectivity index is 2.87. The summed E-state index contributed by atoms with van der Waals surface area (Å²) >= 11 is 3.40. The Morgan fingerprint density at radius 3 is 2.67 bits per heavy atom. The number of aromatic nitrogens is 1. The molecule has 0 fully saturated rings. The summed E-state index contributed by atoms with van der Waals surface area (Å²) in [4.78, 5) is 14.1. The summed E-state index contributed by atoms with van der Waals surface area (Å²) in [6.45, 7) is 3.74. The van der Waals surface area contributed by atoms with Gasteiger partial charge in [0, 0.05) is 21.1 Å². The Labute approximate surface area is 95.2 Å². The van der Waals surface area contributed by atoms with Crippen LogP contribution in [0.15, 0.2) is 16.6 Å². The molecule has 1 heterocycles. The van der Waals surface area contributed by atoms with Gasteiger partial charge in [-0.1, -0.05) is 15.9 Å². The summed E-state index contributed by atoms with van der Waals surface area (Å²) in [5, 5.41) is 9.83. The molecule has 0 amide bonds. The molecule has 0 bridgehead atoms. The molecule has 0 radical (unpaired) electrons. The Morgan fingerprint density at radius 2 is 2.07 bits per heavy atom. The van der Waals surface area contributed by atoms with Gasteiger partial charge in [0.15, 0.2) is 0 Å². The van der Waals surface area contributed by atoms with Crippen LogP contribution in [0.1, 0.15) is 21.6 Å². The molecule has 0 unspecified atom stereocenters. The van der Waals surface area contributed by atoms with E-state index in [1.54, 1.807) is 6.92 Å². The van der Waals surface area contributed by atoms with E-state index in [2.05, 4.69) is 20.9 Å². The van der Waals surface area contributed by atoms with Crippen molar-refractivity contribution >= 4 is 32.8 Å². The van der Waals surface area contributed by atoms with Crippen LogP contribution in [0.5, 0.6) is 0 Å². The summed E-state index contributed by atoms with van der Waals surface area (Å²) in [7, 11) is 0. The number of fused-ring (bicyclic) bond motifs is 1. The van der Waals surface area contributed by atoms with E-state index >= 15 is 0 Å². The van der Waals surface area contributed by atoms with Gasteiger partial charge in [-0.2, -0.15) is 0 Å². The molecule has 2 rings (SSSR count). The maximum absolute atomic E-state index is 11.1. The molecule has 4 heteroatoms. The lowest BCUT2D eigenvalue weighted by Gasteiger charge is -1.98. The number of aromatic amines is 1. The topological polar surface area (TPSA) is 53.1 Å². The Bertz CT molecular complexity index is 557. The number of carboxylic acid groups (broad SMARTS) is 1. The number of carboxylic acids is 1. The van der Waals surface area contributed by atoms with Crippen molar-refractivity contribution in [1.82, 2.24) is 4.98 Å². The summed E-state index contributed by atoms with van der Waals surface area (Å²) in [5.74, 6) is -0.894. The summed E-state index contributed by atoms with van der Waals surface area (Å²) in [5.41, 5.74) is 2.99. The minimum Gasteiger partial charge on any atom is -0.478 e. The highest BCUT2D eigenvalue weighted by Crippen LogP contribution is 2.28. The fourth-order valence-electron chi connectivity index (χ4n) is 1.73. The van der Waals surface area contributed by atoms with Gasteiger partial charge in [-0.15, -0.1) is 0 Å². The molecule has 2 N–H and O–H groups in total. The van der Waals surface area contributed by atoms with E-state index in [1.807, 2.05) is 19.1 Å². The maximum atomic E-state index is 11.1. The molecule has 15 heavy (non-hydrogen) atoms. The van der Waals surface area contributed by atoms with E-state index < -0.39 is 5.97 Å². The number of carbonyl (C=O) groups is 1. The van der Waals surface area contributed by atoms with Crippen LogP contribution in [0, 0.1) is 13.8 Å². The molecule has 1 aromatic carbocycles. The lowest BCUT2D eigenvalue weighted by atomic mass is 10.1.